The first-order valence-electron chi connectivity index (χ1n) is 5.15. The lowest BCUT2D eigenvalue weighted by atomic mass is 10.3. The molecule has 0 aromatic carbocycles. The van der Waals surface area contributed by atoms with E-state index in [9.17, 15) is 0 Å². The Balaban J connectivity index is 1.85. The van der Waals surface area contributed by atoms with E-state index in [1.165, 1.54) is 32.1 Å². The first-order chi connectivity index (χ1) is 5.77. The minimum absolute atomic E-state index is 0.509. The zero-order chi connectivity index (χ0) is 8.60. The number of hydrogen-bond donors (Lipinski definition) is 1. The van der Waals surface area contributed by atoms with E-state index >= 15 is 0 Å². The number of nitrogens with two attached hydrogens (primary N) is 1. The van der Waals surface area contributed by atoms with Gasteiger partial charge in [0, 0.05) is 16.5 Å². The molecule has 2 aliphatic carbocycles. The van der Waals surface area contributed by atoms with Gasteiger partial charge in [-0.2, -0.15) is 11.8 Å². The normalized spacial score (nSPS) is 42.0. The Morgan fingerprint density at radius 3 is 2.42 bits per heavy atom. The van der Waals surface area contributed by atoms with Crippen molar-refractivity contribution in [2.45, 2.75) is 49.0 Å². The van der Waals surface area contributed by atoms with Crippen molar-refractivity contribution in [3.05, 3.63) is 0 Å². The van der Waals surface area contributed by atoms with Gasteiger partial charge in [-0.25, -0.2) is 0 Å². The van der Waals surface area contributed by atoms with Gasteiger partial charge < -0.3 is 5.73 Å². The average molecular weight is 185 g/mol. The maximum Gasteiger partial charge on any atom is 0.0314 e. The van der Waals surface area contributed by atoms with Crippen LogP contribution in [0.25, 0.3) is 0 Å². The average Bonchev–Trinajstić information content (AvgIpc) is 2.51. The predicted molar refractivity (Wildman–Crippen MR) is 55.4 cm³/mol. The first kappa shape index (κ1) is 8.89. The molecule has 0 aromatic heterocycles. The molecule has 2 N–H and O–H groups in total. The number of rotatable bonds is 3. The summed E-state index contributed by atoms with van der Waals surface area (Å²) in [6, 6.07) is 0. The highest BCUT2D eigenvalue weighted by Crippen LogP contribution is 2.56. The van der Waals surface area contributed by atoms with Crippen LogP contribution in [0.4, 0.5) is 0 Å². The molecular formula is C10H19NS. The minimum atomic E-state index is 0.509. The molecule has 0 saturated heterocycles. The lowest BCUT2D eigenvalue weighted by Gasteiger charge is -2.18. The summed E-state index contributed by atoms with van der Waals surface area (Å²) in [5, 5.41) is 0.943. The van der Waals surface area contributed by atoms with Crippen molar-refractivity contribution < 1.29 is 0 Å². The molecule has 1 nitrogen and oxygen atoms in total. The van der Waals surface area contributed by atoms with Crippen LogP contribution in [0, 0.1) is 5.92 Å². The van der Waals surface area contributed by atoms with Gasteiger partial charge in [0.25, 0.3) is 0 Å². The standard InChI is InChI=1S/C10H19NS/c1-8-6-10(8,7-11)12-9-4-2-3-5-9/h8-9H,2-7,11H2,1H3. The number of hydrogen-bond acceptors (Lipinski definition) is 2. The third kappa shape index (κ3) is 1.51. The van der Waals surface area contributed by atoms with Crippen LogP contribution in [-0.2, 0) is 0 Å². The van der Waals surface area contributed by atoms with Crippen LogP contribution in [0.3, 0.4) is 0 Å². The van der Waals surface area contributed by atoms with Gasteiger partial charge in [-0.1, -0.05) is 19.8 Å². The maximum atomic E-state index is 5.82. The molecule has 0 bridgehead atoms. The molecule has 0 heterocycles. The molecule has 2 unspecified atom stereocenters. The van der Waals surface area contributed by atoms with E-state index in [0.717, 1.165) is 17.7 Å². The van der Waals surface area contributed by atoms with Crippen molar-refractivity contribution in [1.82, 2.24) is 0 Å². The van der Waals surface area contributed by atoms with E-state index in [2.05, 4.69) is 18.7 Å². The van der Waals surface area contributed by atoms with Crippen LogP contribution in [0.5, 0.6) is 0 Å². The van der Waals surface area contributed by atoms with Crippen molar-refractivity contribution in [1.29, 1.82) is 0 Å². The third-order valence-corrected chi connectivity index (χ3v) is 5.45. The lowest BCUT2D eigenvalue weighted by Crippen LogP contribution is -2.22. The van der Waals surface area contributed by atoms with E-state index in [1.54, 1.807) is 0 Å². The second-order valence-corrected chi connectivity index (χ2v) is 6.11. The third-order valence-electron chi connectivity index (χ3n) is 3.44. The fourth-order valence-electron chi connectivity index (χ4n) is 2.29. The summed E-state index contributed by atoms with van der Waals surface area (Å²) in [4.78, 5) is 0. The van der Waals surface area contributed by atoms with Crippen LogP contribution < -0.4 is 5.73 Å². The van der Waals surface area contributed by atoms with Crippen molar-refractivity contribution in [3.63, 3.8) is 0 Å². The second kappa shape index (κ2) is 3.22. The van der Waals surface area contributed by atoms with Crippen molar-refractivity contribution in [2.75, 3.05) is 6.54 Å². The largest absolute Gasteiger partial charge is 0.329 e. The minimum Gasteiger partial charge on any atom is -0.329 e. The van der Waals surface area contributed by atoms with Gasteiger partial charge in [0.1, 0.15) is 0 Å². The molecule has 0 radical (unpaired) electrons. The first-order valence-corrected chi connectivity index (χ1v) is 6.03. The molecule has 2 rings (SSSR count). The topological polar surface area (TPSA) is 26.0 Å². The summed E-state index contributed by atoms with van der Waals surface area (Å²) in [5.74, 6) is 0.882. The number of thioether (sulfide) groups is 1. The van der Waals surface area contributed by atoms with Crippen LogP contribution in [-0.4, -0.2) is 16.5 Å². The highest BCUT2D eigenvalue weighted by molar-refractivity contribution is 8.01. The summed E-state index contributed by atoms with van der Waals surface area (Å²) in [6.07, 6.45) is 7.16. The van der Waals surface area contributed by atoms with Crippen LogP contribution in [0.2, 0.25) is 0 Å². The molecule has 2 fully saturated rings. The molecule has 0 spiro atoms. The summed E-state index contributed by atoms with van der Waals surface area (Å²) in [5.41, 5.74) is 5.82. The molecular weight excluding hydrogens is 166 g/mol. The van der Waals surface area contributed by atoms with Crippen LogP contribution in [0.1, 0.15) is 39.0 Å². The molecule has 0 aromatic rings. The van der Waals surface area contributed by atoms with Crippen LogP contribution >= 0.6 is 11.8 Å². The zero-order valence-electron chi connectivity index (χ0n) is 7.88. The Labute approximate surface area is 79.5 Å². The Hall–Kier alpha value is 0.310. The van der Waals surface area contributed by atoms with Gasteiger partial charge in [0.15, 0.2) is 0 Å². The smallest absolute Gasteiger partial charge is 0.0314 e. The molecule has 2 heteroatoms. The molecule has 12 heavy (non-hydrogen) atoms. The fraction of sp³-hybridized carbons (Fsp3) is 1.00. The van der Waals surface area contributed by atoms with E-state index in [-0.39, 0.29) is 0 Å². The highest BCUT2D eigenvalue weighted by atomic mass is 32.2. The molecule has 2 atom stereocenters. The van der Waals surface area contributed by atoms with E-state index < -0.39 is 0 Å². The van der Waals surface area contributed by atoms with Gasteiger partial charge in [-0.3, -0.25) is 0 Å². The summed E-state index contributed by atoms with van der Waals surface area (Å²) < 4.78 is 0.509. The van der Waals surface area contributed by atoms with Gasteiger partial charge in [0.05, 0.1) is 0 Å². The van der Waals surface area contributed by atoms with E-state index in [0.29, 0.717) is 4.75 Å². The second-order valence-electron chi connectivity index (χ2n) is 4.40. The summed E-state index contributed by atoms with van der Waals surface area (Å²) in [6.45, 7) is 3.24. The summed E-state index contributed by atoms with van der Waals surface area (Å²) >= 11 is 2.20. The Morgan fingerprint density at radius 1 is 1.42 bits per heavy atom. The van der Waals surface area contributed by atoms with Gasteiger partial charge in [0.2, 0.25) is 0 Å². The Bertz CT molecular complexity index is 161. The predicted octanol–water partition coefficient (Wildman–Crippen LogP) is 2.40. The van der Waals surface area contributed by atoms with E-state index in [1.807, 2.05) is 0 Å². The molecule has 0 amide bonds. The van der Waals surface area contributed by atoms with Crippen molar-refractivity contribution in [3.8, 4) is 0 Å². The lowest BCUT2D eigenvalue weighted by molar-refractivity contribution is 0.790. The highest BCUT2D eigenvalue weighted by Gasteiger charge is 2.51. The SMILES string of the molecule is CC1CC1(CN)SC1CCCC1. The van der Waals surface area contributed by atoms with Gasteiger partial charge in [-0.15, -0.1) is 0 Å². The fourth-order valence-corrected chi connectivity index (χ4v) is 4.20. The molecule has 2 saturated carbocycles. The Morgan fingerprint density at radius 2 is 2.00 bits per heavy atom. The van der Waals surface area contributed by atoms with E-state index in [4.69, 9.17) is 5.73 Å². The van der Waals surface area contributed by atoms with Crippen LogP contribution in [0.15, 0.2) is 0 Å². The molecule has 2 aliphatic rings. The van der Waals surface area contributed by atoms with Gasteiger partial charge in [-0.05, 0) is 25.2 Å². The monoisotopic (exact) mass is 185 g/mol. The summed E-state index contributed by atoms with van der Waals surface area (Å²) in [7, 11) is 0. The maximum absolute atomic E-state index is 5.82. The quantitative estimate of drug-likeness (QED) is 0.730. The molecule has 0 aliphatic heterocycles. The Kier molecular flexibility index (Phi) is 2.39. The van der Waals surface area contributed by atoms with Crippen molar-refractivity contribution in [2.24, 2.45) is 11.7 Å². The zero-order valence-corrected chi connectivity index (χ0v) is 8.70. The molecule has 70 valence electrons. The van der Waals surface area contributed by atoms with Crippen molar-refractivity contribution >= 4 is 11.8 Å². The van der Waals surface area contributed by atoms with Gasteiger partial charge >= 0.3 is 0 Å².